The summed E-state index contributed by atoms with van der Waals surface area (Å²) in [6, 6.07) is 0.190. The second-order valence-corrected chi connectivity index (χ2v) is 2.80. The van der Waals surface area contributed by atoms with E-state index in [1.54, 1.807) is 0 Å². The van der Waals surface area contributed by atoms with Crippen LogP contribution in [0.1, 0.15) is 38.6 Å². The fourth-order valence-corrected chi connectivity index (χ4v) is 0.940. The SMILES string of the molecule is CCCCNC(C)c1nn[nH]n1. The lowest BCUT2D eigenvalue weighted by Crippen LogP contribution is -2.20. The molecule has 1 unspecified atom stereocenters. The third-order valence-corrected chi connectivity index (χ3v) is 1.73. The maximum absolute atomic E-state index is 3.89. The second-order valence-electron chi connectivity index (χ2n) is 2.80. The van der Waals surface area contributed by atoms with Gasteiger partial charge in [-0.1, -0.05) is 18.6 Å². The predicted molar refractivity (Wildman–Crippen MR) is 45.5 cm³/mol. The lowest BCUT2D eigenvalue weighted by atomic mass is 10.3. The van der Waals surface area contributed by atoms with E-state index in [2.05, 4.69) is 32.9 Å². The number of nitrogens with one attached hydrogen (secondary N) is 2. The molecular weight excluding hydrogens is 154 g/mol. The van der Waals surface area contributed by atoms with E-state index in [0.717, 1.165) is 12.4 Å². The van der Waals surface area contributed by atoms with E-state index in [9.17, 15) is 0 Å². The van der Waals surface area contributed by atoms with Crippen molar-refractivity contribution in [1.29, 1.82) is 0 Å². The average molecular weight is 169 g/mol. The number of tetrazole rings is 1. The molecule has 5 nitrogen and oxygen atoms in total. The van der Waals surface area contributed by atoms with Crippen molar-refractivity contribution in [2.45, 2.75) is 32.7 Å². The zero-order valence-electron chi connectivity index (χ0n) is 7.54. The predicted octanol–water partition coefficient (Wildman–Crippen LogP) is 0.650. The van der Waals surface area contributed by atoms with Crippen molar-refractivity contribution in [3.8, 4) is 0 Å². The van der Waals surface area contributed by atoms with Gasteiger partial charge in [0, 0.05) is 0 Å². The Kier molecular flexibility index (Phi) is 3.66. The molecule has 12 heavy (non-hydrogen) atoms. The highest BCUT2D eigenvalue weighted by Gasteiger charge is 2.07. The largest absolute Gasteiger partial charge is 0.307 e. The molecule has 0 amide bonds. The number of hydrogen-bond acceptors (Lipinski definition) is 4. The maximum atomic E-state index is 3.89. The van der Waals surface area contributed by atoms with Crippen molar-refractivity contribution < 1.29 is 0 Å². The van der Waals surface area contributed by atoms with Crippen LogP contribution in [0.4, 0.5) is 0 Å². The normalized spacial score (nSPS) is 13.2. The minimum atomic E-state index is 0.190. The molecule has 0 saturated carbocycles. The van der Waals surface area contributed by atoms with Gasteiger partial charge in [-0.3, -0.25) is 0 Å². The Morgan fingerprint density at radius 1 is 1.58 bits per heavy atom. The van der Waals surface area contributed by atoms with Crippen molar-refractivity contribution in [3.05, 3.63) is 5.82 Å². The number of nitrogens with zero attached hydrogens (tertiary/aromatic N) is 3. The lowest BCUT2D eigenvalue weighted by Gasteiger charge is -2.07. The van der Waals surface area contributed by atoms with Gasteiger partial charge in [0.2, 0.25) is 0 Å². The van der Waals surface area contributed by atoms with Gasteiger partial charge < -0.3 is 5.32 Å². The summed E-state index contributed by atoms with van der Waals surface area (Å²) in [5.41, 5.74) is 0. The highest BCUT2D eigenvalue weighted by molar-refractivity contribution is 4.85. The molecule has 0 aliphatic carbocycles. The molecule has 5 heteroatoms. The molecule has 0 aromatic carbocycles. The topological polar surface area (TPSA) is 66.5 Å². The van der Waals surface area contributed by atoms with Crippen LogP contribution < -0.4 is 5.32 Å². The molecule has 1 atom stereocenters. The third kappa shape index (κ3) is 2.58. The number of unbranched alkanes of at least 4 members (excludes halogenated alkanes) is 1. The summed E-state index contributed by atoms with van der Waals surface area (Å²) in [7, 11) is 0. The van der Waals surface area contributed by atoms with Crippen LogP contribution in [0.3, 0.4) is 0 Å². The van der Waals surface area contributed by atoms with Gasteiger partial charge >= 0.3 is 0 Å². The molecule has 0 aliphatic rings. The Morgan fingerprint density at radius 2 is 2.42 bits per heavy atom. The monoisotopic (exact) mass is 169 g/mol. The molecule has 2 N–H and O–H groups in total. The Labute approximate surface area is 71.9 Å². The average Bonchev–Trinajstić information content (AvgIpc) is 2.56. The quantitative estimate of drug-likeness (QED) is 0.635. The van der Waals surface area contributed by atoms with E-state index in [1.807, 2.05) is 6.92 Å². The molecule has 0 bridgehead atoms. The van der Waals surface area contributed by atoms with E-state index in [-0.39, 0.29) is 6.04 Å². The van der Waals surface area contributed by atoms with Gasteiger partial charge in [-0.05, 0) is 19.9 Å². The van der Waals surface area contributed by atoms with Crippen LogP contribution in [0.2, 0.25) is 0 Å². The van der Waals surface area contributed by atoms with Gasteiger partial charge in [0.05, 0.1) is 6.04 Å². The van der Waals surface area contributed by atoms with E-state index >= 15 is 0 Å². The number of aromatic nitrogens is 4. The first-order valence-corrected chi connectivity index (χ1v) is 4.31. The first kappa shape index (κ1) is 9.12. The Hall–Kier alpha value is -0.970. The standard InChI is InChI=1S/C7H15N5/c1-3-4-5-8-6(2)7-9-11-12-10-7/h6,8H,3-5H2,1-2H3,(H,9,10,11,12). The van der Waals surface area contributed by atoms with Crippen molar-refractivity contribution in [2.24, 2.45) is 0 Å². The van der Waals surface area contributed by atoms with Crippen molar-refractivity contribution in [3.63, 3.8) is 0 Å². The minimum Gasteiger partial charge on any atom is -0.307 e. The molecule has 0 spiro atoms. The number of aromatic amines is 1. The molecule has 0 saturated heterocycles. The molecular formula is C7H15N5. The van der Waals surface area contributed by atoms with Crippen LogP contribution in [-0.4, -0.2) is 27.2 Å². The van der Waals surface area contributed by atoms with Gasteiger partial charge in [0.1, 0.15) is 0 Å². The molecule has 0 fully saturated rings. The number of hydrogen-bond donors (Lipinski definition) is 2. The summed E-state index contributed by atoms with van der Waals surface area (Å²) in [6.07, 6.45) is 2.38. The van der Waals surface area contributed by atoms with Crippen LogP contribution in [-0.2, 0) is 0 Å². The minimum absolute atomic E-state index is 0.190. The van der Waals surface area contributed by atoms with E-state index in [4.69, 9.17) is 0 Å². The molecule has 1 aromatic heterocycles. The summed E-state index contributed by atoms with van der Waals surface area (Å²) in [5, 5.41) is 17.0. The first-order chi connectivity index (χ1) is 5.84. The summed E-state index contributed by atoms with van der Waals surface area (Å²) in [6.45, 7) is 5.20. The number of rotatable bonds is 5. The van der Waals surface area contributed by atoms with Gasteiger partial charge in [-0.25, -0.2) is 0 Å². The van der Waals surface area contributed by atoms with Crippen LogP contribution in [0.5, 0.6) is 0 Å². The molecule has 0 aliphatic heterocycles. The van der Waals surface area contributed by atoms with Crippen LogP contribution in [0.25, 0.3) is 0 Å². The number of H-pyrrole nitrogens is 1. The van der Waals surface area contributed by atoms with Gasteiger partial charge in [-0.15, -0.1) is 10.2 Å². The van der Waals surface area contributed by atoms with Crippen molar-refractivity contribution in [2.75, 3.05) is 6.54 Å². The highest BCUT2D eigenvalue weighted by Crippen LogP contribution is 2.02. The lowest BCUT2D eigenvalue weighted by molar-refractivity contribution is 0.532. The molecule has 0 radical (unpaired) electrons. The molecule has 1 rings (SSSR count). The van der Waals surface area contributed by atoms with E-state index < -0.39 is 0 Å². The van der Waals surface area contributed by atoms with E-state index in [1.165, 1.54) is 12.8 Å². The molecule has 1 heterocycles. The summed E-state index contributed by atoms with van der Waals surface area (Å²) < 4.78 is 0. The van der Waals surface area contributed by atoms with Crippen molar-refractivity contribution >= 4 is 0 Å². The Morgan fingerprint density at radius 3 is 3.00 bits per heavy atom. The van der Waals surface area contributed by atoms with Crippen LogP contribution in [0.15, 0.2) is 0 Å². The smallest absolute Gasteiger partial charge is 0.191 e. The molecule has 68 valence electrons. The van der Waals surface area contributed by atoms with Crippen molar-refractivity contribution in [1.82, 2.24) is 25.9 Å². The van der Waals surface area contributed by atoms with Gasteiger partial charge in [-0.2, -0.15) is 5.21 Å². The van der Waals surface area contributed by atoms with Gasteiger partial charge in [0.15, 0.2) is 5.82 Å². The second kappa shape index (κ2) is 4.82. The van der Waals surface area contributed by atoms with E-state index in [0.29, 0.717) is 0 Å². The zero-order chi connectivity index (χ0) is 8.81. The maximum Gasteiger partial charge on any atom is 0.191 e. The zero-order valence-corrected chi connectivity index (χ0v) is 7.54. The molecule has 1 aromatic rings. The van der Waals surface area contributed by atoms with Crippen LogP contribution >= 0.6 is 0 Å². The fraction of sp³-hybridized carbons (Fsp3) is 0.857. The Bertz CT molecular complexity index is 196. The van der Waals surface area contributed by atoms with Crippen LogP contribution in [0, 0.1) is 0 Å². The highest BCUT2D eigenvalue weighted by atomic mass is 15.5. The van der Waals surface area contributed by atoms with Gasteiger partial charge in [0.25, 0.3) is 0 Å². The third-order valence-electron chi connectivity index (χ3n) is 1.73. The first-order valence-electron chi connectivity index (χ1n) is 4.31. The summed E-state index contributed by atoms with van der Waals surface area (Å²) >= 11 is 0. The summed E-state index contributed by atoms with van der Waals surface area (Å²) in [4.78, 5) is 0. The Balaban J connectivity index is 2.25. The summed E-state index contributed by atoms with van der Waals surface area (Å²) in [5.74, 6) is 0.728. The fourth-order valence-electron chi connectivity index (χ4n) is 0.940.